The van der Waals surface area contributed by atoms with Gasteiger partial charge in [-0.3, -0.25) is 15.4 Å². The number of carbonyl (C=O) groups is 2. The number of urea groups is 1. The maximum atomic E-state index is 11.5. The number of imide groups is 1. The molecule has 1 atom stereocenters. The number of hydrogen-bond donors (Lipinski definition) is 3. The quantitative estimate of drug-likeness (QED) is 0.566. The van der Waals surface area contributed by atoms with Crippen molar-refractivity contribution in [1.82, 2.24) is 10.6 Å². The molecule has 0 aliphatic carbocycles. The average molecular weight is 236 g/mol. The minimum atomic E-state index is -2.06. The summed E-state index contributed by atoms with van der Waals surface area (Å²) in [4.78, 5) is 22.5. The summed E-state index contributed by atoms with van der Waals surface area (Å²) in [6, 6.07) is 3.76. The molecule has 7 nitrogen and oxygen atoms in total. The molecular weight excluding hydrogens is 228 g/mol. The molecule has 17 heavy (non-hydrogen) atoms. The standard InChI is InChI=1S/C10H8N2O5/c13-8-10(15,12-9(14)11-8)5-1-2-6-7(3-5)17-4-16-6/h1-3,15H,4H2,(H2,11,12,13,14). The van der Waals surface area contributed by atoms with Crippen molar-refractivity contribution in [3.8, 4) is 11.5 Å². The van der Waals surface area contributed by atoms with Gasteiger partial charge in [0.15, 0.2) is 11.5 Å². The summed E-state index contributed by atoms with van der Waals surface area (Å²) in [5.74, 6) is 0.133. The number of aliphatic hydroxyl groups is 1. The summed E-state index contributed by atoms with van der Waals surface area (Å²) in [7, 11) is 0. The molecule has 1 fully saturated rings. The van der Waals surface area contributed by atoms with Crippen LogP contribution in [-0.4, -0.2) is 23.8 Å². The topological polar surface area (TPSA) is 96.9 Å². The van der Waals surface area contributed by atoms with Gasteiger partial charge in [0.2, 0.25) is 12.5 Å². The SMILES string of the molecule is O=C1NC(=O)C(O)(c2ccc3c(c2)OCO3)N1. The van der Waals surface area contributed by atoms with Gasteiger partial charge in [-0.2, -0.15) is 0 Å². The molecule has 2 aliphatic rings. The van der Waals surface area contributed by atoms with Crippen LogP contribution in [0, 0.1) is 0 Å². The van der Waals surface area contributed by atoms with Crippen LogP contribution in [0.3, 0.4) is 0 Å². The van der Waals surface area contributed by atoms with Crippen molar-refractivity contribution in [3.63, 3.8) is 0 Å². The Morgan fingerprint density at radius 3 is 2.71 bits per heavy atom. The normalized spacial score (nSPS) is 25.7. The first-order valence-electron chi connectivity index (χ1n) is 4.86. The lowest BCUT2D eigenvalue weighted by atomic mass is 10.0. The van der Waals surface area contributed by atoms with Crippen molar-refractivity contribution in [3.05, 3.63) is 23.8 Å². The Balaban J connectivity index is 2.04. The highest BCUT2D eigenvalue weighted by Gasteiger charge is 2.46. The number of carbonyl (C=O) groups excluding carboxylic acids is 2. The van der Waals surface area contributed by atoms with Gasteiger partial charge in [-0.1, -0.05) is 0 Å². The van der Waals surface area contributed by atoms with Crippen molar-refractivity contribution in [2.75, 3.05) is 6.79 Å². The van der Waals surface area contributed by atoms with Crippen LogP contribution in [0.15, 0.2) is 18.2 Å². The highest BCUT2D eigenvalue weighted by Crippen LogP contribution is 2.35. The molecule has 88 valence electrons. The van der Waals surface area contributed by atoms with Gasteiger partial charge in [0.05, 0.1) is 0 Å². The number of benzene rings is 1. The van der Waals surface area contributed by atoms with Crippen LogP contribution in [0.5, 0.6) is 11.5 Å². The smallest absolute Gasteiger partial charge is 0.324 e. The molecule has 0 bridgehead atoms. The zero-order valence-corrected chi connectivity index (χ0v) is 8.52. The molecule has 1 saturated heterocycles. The Bertz CT molecular complexity index is 529. The average Bonchev–Trinajstić information content (AvgIpc) is 2.83. The van der Waals surface area contributed by atoms with Gasteiger partial charge < -0.3 is 14.6 Å². The molecule has 2 aliphatic heterocycles. The molecule has 3 N–H and O–H groups in total. The lowest BCUT2D eigenvalue weighted by Crippen LogP contribution is -2.43. The van der Waals surface area contributed by atoms with E-state index >= 15 is 0 Å². The number of nitrogens with one attached hydrogen (secondary N) is 2. The molecule has 3 amide bonds. The van der Waals surface area contributed by atoms with E-state index in [2.05, 4.69) is 5.32 Å². The second-order valence-electron chi connectivity index (χ2n) is 3.69. The number of hydrogen-bond acceptors (Lipinski definition) is 5. The van der Waals surface area contributed by atoms with Crippen LogP contribution in [0.25, 0.3) is 0 Å². The third kappa shape index (κ3) is 1.32. The first-order chi connectivity index (χ1) is 8.09. The Labute approximate surface area is 95.3 Å². The van der Waals surface area contributed by atoms with Crippen molar-refractivity contribution in [2.24, 2.45) is 0 Å². The van der Waals surface area contributed by atoms with Gasteiger partial charge in [0, 0.05) is 5.56 Å². The molecule has 7 heteroatoms. The van der Waals surface area contributed by atoms with Crippen LogP contribution in [0.4, 0.5) is 4.79 Å². The zero-order chi connectivity index (χ0) is 12.0. The maximum absolute atomic E-state index is 11.5. The van der Waals surface area contributed by atoms with Gasteiger partial charge in [-0.15, -0.1) is 0 Å². The summed E-state index contributed by atoms with van der Waals surface area (Å²) in [6.07, 6.45) is 0. The number of ether oxygens (including phenoxy) is 2. The van der Waals surface area contributed by atoms with Crippen molar-refractivity contribution in [1.29, 1.82) is 0 Å². The van der Waals surface area contributed by atoms with Crippen LogP contribution < -0.4 is 20.1 Å². The molecule has 1 unspecified atom stereocenters. The number of amides is 3. The van der Waals surface area contributed by atoms with E-state index in [4.69, 9.17) is 9.47 Å². The van der Waals surface area contributed by atoms with E-state index in [9.17, 15) is 14.7 Å². The van der Waals surface area contributed by atoms with Gasteiger partial charge >= 0.3 is 6.03 Å². The Morgan fingerprint density at radius 2 is 2.00 bits per heavy atom. The van der Waals surface area contributed by atoms with E-state index in [-0.39, 0.29) is 12.4 Å². The van der Waals surface area contributed by atoms with Crippen molar-refractivity contribution >= 4 is 11.9 Å². The molecule has 0 saturated carbocycles. The Morgan fingerprint density at radius 1 is 1.24 bits per heavy atom. The second-order valence-corrected chi connectivity index (χ2v) is 3.69. The minimum absolute atomic E-state index is 0.0930. The first kappa shape index (κ1) is 9.91. The molecule has 1 aromatic carbocycles. The van der Waals surface area contributed by atoms with Crippen molar-refractivity contribution < 1.29 is 24.2 Å². The van der Waals surface area contributed by atoms with E-state index in [0.717, 1.165) is 0 Å². The fourth-order valence-electron chi connectivity index (χ4n) is 1.77. The summed E-state index contributed by atoms with van der Waals surface area (Å²) in [5.41, 5.74) is -1.84. The monoisotopic (exact) mass is 236 g/mol. The maximum Gasteiger partial charge on any atom is 0.324 e. The van der Waals surface area contributed by atoms with E-state index in [1.54, 1.807) is 6.07 Å². The van der Waals surface area contributed by atoms with Gasteiger partial charge in [0.1, 0.15) is 0 Å². The Hall–Kier alpha value is -2.28. The number of fused-ring (bicyclic) bond motifs is 1. The third-order valence-electron chi connectivity index (χ3n) is 2.64. The predicted molar refractivity (Wildman–Crippen MR) is 53.1 cm³/mol. The van der Waals surface area contributed by atoms with Gasteiger partial charge in [0.25, 0.3) is 5.91 Å². The highest BCUT2D eigenvalue weighted by molar-refractivity contribution is 6.06. The predicted octanol–water partition coefficient (Wildman–Crippen LogP) is -0.600. The summed E-state index contributed by atoms with van der Waals surface area (Å²) in [6.45, 7) is 0.0930. The van der Waals surface area contributed by atoms with Crippen LogP contribution in [0.1, 0.15) is 5.56 Å². The van der Waals surface area contributed by atoms with Gasteiger partial charge in [-0.25, -0.2) is 4.79 Å². The Kier molecular flexibility index (Phi) is 1.81. The summed E-state index contributed by atoms with van der Waals surface area (Å²) < 4.78 is 10.2. The van der Waals surface area contributed by atoms with Crippen LogP contribution in [0.2, 0.25) is 0 Å². The van der Waals surface area contributed by atoms with Crippen LogP contribution >= 0.6 is 0 Å². The molecule has 3 rings (SSSR count). The second kappa shape index (κ2) is 3.11. The van der Waals surface area contributed by atoms with Crippen molar-refractivity contribution in [2.45, 2.75) is 5.72 Å². The molecule has 2 heterocycles. The fraction of sp³-hybridized carbons (Fsp3) is 0.200. The molecule has 1 aromatic rings. The van der Waals surface area contributed by atoms with E-state index < -0.39 is 17.7 Å². The lowest BCUT2D eigenvalue weighted by molar-refractivity contribution is -0.137. The molecular formula is C10H8N2O5. The van der Waals surface area contributed by atoms with Gasteiger partial charge in [-0.05, 0) is 18.2 Å². The zero-order valence-electron chi connectivity index (χ0n) is 8.52. The van der Waals surface area contributed by atoms with E-state index in [1.807, 2.05) is 5.32 Å². The lowest BCUT2D eigenvalue weighted by Gasteiger charge is -2.19. The summed E-state index contributed by atoms with van der Waals surface area (Å²) in [5, 5.41) is 14.2. The minimum Gasteiger partial charge on any atom is -0.454 e. The number of rotatable bonds is 1. The first-order valence-corrected chi connectivity index (χ1v) is 4.86. The largest absolute Gasteiger partial charge is 0.454 e. The molecule has 0 radical (unpaired) electrons. The third-order valence-corrected chi connectivity index (χ3v) is 2.64. The van der Waals surface area contributed by atoms with Crippen LogP contribution in [-0.2, 0) is 10.5 Å². The van der Waals surface area contributed by atoms with E-state index in [0.29, 0.717) is 11.5 Å². The molecule has 0 aromatic heterocycles. The van der Waals surface area contributed by atoms with E-state index in [1.165, 1.54) is 12.1 Å². The fourth-order valence-corrected chi connectivity index (χ4v) is 1.77. The summed E-state index contributed by atoms with van der Waals surface area (Å²) >= 11 is 0. The highest BCUT2D eigenvalue weighted by atomic mass is 16.7. The molecule has 0 spiro atoms.